The number of hydrogen-bond acceptors (Lipinski definition) is 8. The molecule has 44 heavy (non-hydrogen) atoms. The first kappa shape index (κ1) is 30.0. The van der Waals surface area contributed by atoms with Crippen LogP contribution in [0.4, 0.5) is 0 Å². The molecule has 0 unspecified atom stereocenters. The minimum Gasteiger partial charge on any atom is -0.456 e. The monoisotopic (exact) mass is 591 g/mol. The van der Waals surface area contributed by atoms with Gasteiger partial charge >= 0.3 is 17.9 Å². The molecule has 1 aliphatic carbocycles. The van der Waals surface area contributed by atoms with E-state index in [1.807, 2.05) is 30.3 Å². The summed E-state index contributed by atoms with van der Waals surface area (Å²) in [6, 6.07) is 33.1. The van der Waals surface area contributed by atoms with Crippen molar-refractivity contribution >= 4 is 17.9 Å². The van der Waals surface area contributed by atoms with Crippen LogP contribution in [0.5, 0.6) is 0 Å². The number of esters is 3. The molecule has 222 valence electrons. The second-order valence-electron chi connectivity index (χ2n) is 10.1. The molecule has 10 heteroatoms. The fourth-order valence-electron chi connectivity index (χ4n) is 4.98. The summed E-state index contributed by atoms with van der Waals surface area (Å²) in [6.07, 6.45) is -4.79. The third kappa shape index (κ3) is 7.49. The lowest BCUT2D eigenvalue weighted by Gasteiger charge is -2.43. The molecule has 10 nitrogen and oxygen atoms in total. The smallest absolute Gasteiger partial charge is 0.338 e. The molecule has 0 N–H and O–H groups in total. The van der Waals surface area contributed by atoms with Crippen molar-refractivity contribution < 1.29 is 33.3 Å². The molecule has 0 bridgehead atoms. The molecular formula is C34H29N3O7. The molecule has 0 aromatic heterocycles. The summed E-state index contributed by atoms with van der Waals surface area (Å²) in [5.74, 6) is -2.08. The van der Waals surface area contributed by atoms with E-state index >= 15 is 0 Å². The number of carbonyl (C=O) groups excluding carboxylic acids is 3. The lowest BCUT2D eigenvalue weighted by atomic mass is 9.85. The Hall–Kier alpha value is -5.44. The van der Waals surface area contributed by atoms with Crippen LogP contribution >= 0.6 is 0 Å². The molecule has 0 spiro atoms. The third-order valence-corrected chi connectivity index (χ3v) is 7.13. The minimum absolute atomic E-state index is 0.0613. The molecule has 4 aromatic carbocycles. The number of nitrogens with zero attached hydrogens (tertiary/aromatic N) is 3. The Labute approximate surface area is 253 Å². The van der Waals surface area contributed by atoms with Crippen LogP contribution in [0.25, 0.3) is 10.4 Å². The van der Waals surface area contributed by atoms with Crippen LogP contribution in [0.3, 0.4) is 0 Å². The van der Waals surface area contributed by atoms with Gasteiger partial charge in [-0.1, -0.05) is 90.0 Å². The Morgan fingerprint density at radius 2 is 1.05 bits per heavy atom. The van der Waals surface area contributed by atoms with Gasteiger partial charge in [-0.2, -0.15) is 0 Å². The van der Waals surface area contributed by atoms with Gasteiger partial charge in [-0.3, -0.25) is 0 Å². The fourth-order valence-corrected chi connectivity index (χ4v) is 4.98. The standard InChI is InChI=1S/C34H29N3O7/c35-37-36-27-21-28(42-32(38)24-15-7-2-8-16-24)30(41-22-23-13-5-1-6-14-23)31(44-34(40)26-19-11-4-12-20-26)29(27)43-33(39)25-17-9-3-10-18-25/h1-20,27-31H,21-22H2/t27-,28+,29+,30-,31-/m0/s1. The van der Waals surface area contributed by atoms with E-state index in [9.17, 15) is 19.9 Å². The lowest BCUT2D eigenvalue weighted by Crippen LogP contribution is -2.60. The van der Waals surface area contributed by atoms with Crippen molar-refractivity contribution in [3.8, 4) is 0 Å². The van der Waals surface area contributed by atoms with E-state index in [-0.39, 0.29) is 24.2 Å². The SMILES string of the molecule is [N-]=[N+]=N[C@H]1C[C@@H](OC(=O)c2ccccc2)[C@H](OCc2ccccc2)[C@@H](OC(=O)c2ccccc2)[C@@H]1OC(=O)c1ccccc1. The number of azide groups is 1. The van der Waals surface area contributed by atoms with Gasteiger partial charge in [-0.25, -0.2) is 14.4 Å². The van der Waals surface area contributed by atoms with Crippen molar-refractivity contribution in [2.24, 2.45) is 5.11 Å². The molecule has 0 heterocycles. The Bertz CT molecular complexity index is 1600. The zero-order valence-corrected chi connectivity index (χ0v) is 23.5. The molecule has 4 aromatic rings. The van der Waals surface area contributed by atoms with E-state index in [1.54, 1.807) is 91.0 Å². The molecule has 1 fully saturated rings. The molecule has 0 aliphatic heterocycles. The van der Waals surface area contributed by atoms with E-state index in [4.69, 9.17) is 18.9 Å². The van der Waals surface area contributed by atoms with E-state index in [0.29, 0.717) is 5.56 Å². The minimum atomic E-state index is -1.32. The Morgan fingerprint density at radius 3 is 1.52 bits per heavy atom. The van der Waals surface area contributed by atoms with Crippen molar-refractivity contribution in [3.05, 3.63) is 154 Å². The number of rotatable bonds is 10. The number of benzene rings is 4. The van der Waals surface area contributed by atoms with Crippen molar-refractivity contribution in [2.75, 3.05) is 0 Å². The highest BCUT2D eigenvalue weighted by Crippen LogP contribution is 2.34. The molecule has 5 atom stereocenters. The van der Waals surface area contributed by atoms with Crippen LogP contribution in [0.1, 0.15) is 43.1 Å². The topological polar surface area (TPSA) is 137 Å². The molecule has 0 saturated heterocycles. The van der Waals surface area contributed by atoms with Gasteiger partial charge < -0.3 is 18.9 Å². The van der Waals surface area contributed by atoms with Crippen LogP contribution in [0, 0.1) is 0 Å². The van der Waals surface area contributed by atoms with Crippen molar-refractivity contribution in [1.82, 2.24) is 0 Å². The van der Waals surface area contributed by atoms with Crippen molar-refractivity contribution in [3.63, 3.8) is 0 Å². The van der Waals surface area contributed by atoms with Gasteiger partial charge in [0.2, 0.25) is 0 Å². The van der Waals surface area contributed by atoms with Gasteiger partial charge in [0, 0.05) is 4.91 Å². The van der Waals surface area contributed by atoms with Crippen molar-refractivity contribution in [1.29, 1.82) is 0 Å². The van der Waals surface area contributed by atoms with Gasteiger partial charge in [-0.05, 0) is 53.9 Å². The first-order chi connectivity index (χ1) is 21.5. The van der Waals surface area contributed by atoms with Gasteiger partial charge in [0.25, 0.3) is 0 Å². The average molecular weight is 592 g/mol. The summed E-state index contributed by atoms with van der Waals surface area (Å²) < 4.78 is 24.2. The normalized spacial score (nSPS) is 20.9. The Kier molecular flexibility index (Phi) is 9.99. The largest absolute Gasteiger partial charge is 0.456 e. The van der Waals surface area contributed by atoms with Gasteiger partial charge in [-0.15, -0.1) is 0 Å². The maximum atomic E-state index is 13.4. The molecule has 0 radical (unpaired) electrons. The predicted octanol–water partition coefficient (Wildman–Crippen LogP) is 6.33. The molecule has 1 aliphatic rings. The van der Waals surface area contributed by atoms with E-state index in [2.05, 4.69) is 10.0 Å². The summed E-state index contributed by atoms with van der Waals surface area (Å²) in [6.45, 7) is 0.0653. The maximum Gasteiger partial charge on any atom is 0.338 e. The predicted molar refractivity (Wildman–Crippen MR) is 160 cm³/mol. The van der Waals surface area contributed by atoms with Crippen LogP contribution in [-0.2, 0) is 25.6 Å². The number of ether oxygens (including phenoxy) is 4. The van der Waals surface area contributed by atoms with E-state index in [1.165, 1.54) is 0 Å². The van der Waals surface area contributed by atoms with Gasteiger partial charge in [0.1, 0.15) is 12.2 Å². The summed E-state index contributed by atoms with van der Waals surface area (Å²) >= 11 is 0. The van der Waals surface area contributed by atoms with Gasteiger partial charge in [0.15, 0.2) is 12.2 Å². The average Bonchev–Trinajstić information content (AvgIpc) is 3.07. The summed E-state index contributed by atoms with van der Waals surface area (Å²) in [5.41, 5.74) is 11.1. The summed E-state index contributed by atoms with van der Waals surface area (Å²) in [7, 11) is 0. The maximum absolute atomic E-state index is 13.4. The zero-order valence-electron chi connectivity index (χ0n) is 23.5. The molecule has 5 rings (SSSR count). The highest BCUT2D eigenvalue weighted by molar-refractivity contribution is 5.91. The molecule has 1 saturated carbocycles. The second-order valence-corrected chi connectivity index (χ2v) is 10.1. The quantitative estimate of drug-likeness (QED) is 0.0691. The molecular weight excluding hydrogens is 562 g/mol. The Balaban J connectivity index is 1.53. The summed E-state index contributed by atoms with van der Waals surface area (Å²) in [5, 5.41) is 3.89. The van der Waals surface area contributed by atoms with Gasteiger partial charge in [0.05, 0.1) is 29.3 Å². The third-order valence-electron chi connectivity index (χ3n) is 7.13. The number of carbonyl (C=O) groups is 3. The highest BCUT2D eigenvalue weighted by Gasteiger charge is 2.51. The van der Waals surface area contributed by atoms with Crippen LogP contribution in [0.2, 0.25) is 0 Å². The van der Waals surface area contributed by atoms with E-state index < -0.39 is 48.4 Å². The molecule has 0 amide bonds. The fraction of sp³-hybridized carbons (Fsp3) is 0.206. The zero-order chi connectivity index (χ0) is 30.7. The van der Waals surface area contributed by atoms with Crippen LogP contribution in [0.15, 0.2) is 126 Å². The summed E-state index contributed by atoms with van der Waals surface area (Å²) in [4.78, 5) is 42.9. The van der Waals surface area contributed by atoms with E-state index in [0.717, 1.165) is 5.56 Å². The van der Waals surface area contributed by atoms with Crippen LogP contribution in [-0.4, -0.2) is 48.4 Å². The lowest BCUT2D eigenvalue weighted by molar-refractivity contribution is -0.173. The second kappa shape index (κ2) is 14.6. The Morgan fingerprint density at radius 1 is 0.614 bits per heavy atom. The van der Waals surface area contributed by atoms with Crippen LogP contribution < -0.4 is 0 Å². The highest BCUT2D eigenvalue weighted by atomic mass is 16.6. The van der Waals surface area contributed by atoms with Crippen molar-refractivity contribution in [2.45, 2.75) is 43.5 Å². The first-order valence-electron chi connectivity index (χ1n) is 14.0. The first-order valence-corrected chi connectivity index (χ1v) is 14.0. The number of hydrogen-bond donors (Lipinski definition) is 0.